The number of nitriles is 1. The molecule has 2 amide bonds. The van der Waals surface area contributed by atoms with Gasteiger partial charge in [-0.3, -0.25) is 9.59 Å². The van der Waals surface area contributed by atoms with E-state index >= 15 is 0 Å². The van der Waals surface area contributed by atoms with E-state index in [2.05, 4.69) is 36.2 Å². The molecular weight excluding hydrogens is 472 g/mol. The van der Waals surface area contributed by atoms with Crippen LogP contribution in [0.4, 0.5) is 5.69 Å². The number of aromatic nitrogens is 7. The smallest absolute Gasteiger partial charge is 0.274 e. The maximum absolute atomic E-state index is 13.5. The summed E-state index contributed by atoms with van der Waals surface area (Å²) in [6, 6.07) is 9.88. The molecule has 0 unspecified atom stereocenters. The molecule has 0 radical (unpaired) electrons. The van der Waals surface area contributed by atoms with Crippen molar-refractivity contribution in [2.75, 3.05) is 12.4 Å². The Hall–Kier alpha value is -4.63. The van der Waals surface area contributed by atoms with Gasteiger partial charge in [0, 0.05) is 13.2 Å². The number of nitrogens with one attached hydrogen (secondary N) is 2. The van der Waals surface area contributed by atoms with Crippen LogP contribution in [0.15, 0.2) is 36.5 Å². The topological polar surface area (TPSA) is 156 Å². The van der Waals surface area contributed by atoms with Crippen molar-refractivity contribution in [3.63, 3.8) is 0 Å². The molecule has 35 heavy (non-hydrogen) atoms. The number of carbonyl (C=O) groups excluding carboxylic acids is 2. The van der Waals surface area contributed by atoms with Crippen LogP contribution in [0, 0.1) is 25.2 Å². The zero-order valence-electron chi connectivity index (χ0n) is 18.9. The van der Waals surface area contributed by atoms with Gasteiger partial charge in [0.15, 0.2) is 5.82 Å². The third-order valence-electron chi connectivity index (χ3n) is 5.13. The molecule has 4 aromatic rings. The Labute approximate surface area is 204 Å². The van der Waals surface area contributed by atoms with E-state index < -0.39 is 11.8 Å². The molecule has 4 rings (SSSR count). The van der Waals surface area contributed by atoms with E-state index in [1.165, 1.54) is 28.7 Å². The van der Waals surface area contributed by atoms with Gasteiger partial charge < -0.3 is 10.6 Å². The summed E-state index contributed by atoms with van der Waals surface area (Å²) in [5.41, 5.74) is 1.87. The average Bonchev–Trinajstić information content (AvgIpc) is 3.46. The van der Waals surface area contributed by atoms with Crippen molar-refractivity contribution < 1.29 is 9.59 Å². The first-order chi connectivity index (χ1) is 16.8. The lowest BCUT2D eigenvalue weighted by atomic mass is 10.0. The Balaban J connectivity index is 1.79. The standard InChI is InChI=1S/C22H19ClN10O2/c1-12-7-14(10-24)8-16(21(34)25-3)19(12)27-22(35)18-9-15(11-32-13(2)28-30-31-32)29-33(18)20-17(23)5-4-6-26-20/h4-9H,11H2,1-3H3,(H,25,34)(H,27,35). The van der Waals surface area contributed by atoms with Crippen molar-refractivity contribution in [3.05, 3.63) is 75.5 Å². The summed E-state index contributed by atoms with van der Waals surface area (Å²) in [5.74, 6) is -0.180. The lowest BCUT2D eigenvalue weighted by Gasteiger charge is -2.14. The highest BCUT2D eigenvalue weighted by atomic mass is 35.5. The zero-order chi connectivity index (χ0) is 25.1. The van der Waals surface area contributed by atoms with Crippen molar-refractivity contribution in [1.82, 2.24) is 40.3 Å². The summed E-state index contributed by atoms with van der Waals surface area (Å²) in [6.45, 7) is 3.64. The molecule has 13 heteroatoms. The van der Waals surface area contributed by atoms with E-state index in [4.69, 9.17) is 11.6 Å². The highest BCUT2D eigenvalue weighted by molar-refractivity contribution is 6.32. The maximum atomic E-state index is 13.5. The second kappa shape index (κ2) is 9.70. The van der Waals surface area contributed by atoms with Crippen LogP contribution >= 0.6 is 11.6 Å². The molecule has 0 bridgehead atoms. The third-order valence-corrected chi connectivity index (χ3v) is 5.42. The summed E-state index contributed by atoms with van der Waals surface area (Å²) in [4.78, 5) is 30.2. The second-order valence-corrected chi connectivity index (χ2v) is 7.89. The molecule has 0 saturated heterocycles. The van der Waals surface area contributed by atoms with Gasteiger partial charge in [0.25, 0.3) is 11.8 Å². The first-order valence-electron chi connectivity index (χ1n) is 10.3. The number of tetrazole rings is 1. The van der Waals surface area contributed by atoms with Gasteiger partial charge in [-0.25, -0.2) is 14.3 Å². The fourth-order valence-electron chi connectivity index (χ4n) is 3.42. The third kappa shape index (κ3) is 4.71. The average molecular weight is 491 g/mol. The molecular formula is C22H19ClN10O2. The van der Waals surface area contributed by atoms with Gasteiger partial charge in [0.05, 0.1) is 40.1 Å². The number of benzene rings is 1. The zero-order valence-corrected chi connectivity index (χ0v) is 19.7. The Morgan fingerprint density at radius 1 is 1.20 bits per heavy atom. The number of hydrogen-bond donors (Lipinski definition) is 2. The number of nitrogens with zero attached hydrogens (tertiary/aromatic N) is 8. The Kier molecular flexibility index (Phi) is 6.52. The minimum absolute atomic E-state index is 0.123. The monoisotopic (exact) mass is 490 g/mol. The number of halogens is 1. The molecule has 0 spiro atoms. The predicted octanol–water partition coefficient (Wildman–Crippen LogP) is 2.06. The van der Waals surface area contributed by atoms with E-state index in [0.717, 1.165) is 0 Å². The van der Waals surface area contributed by atoms with Crippen molar-refractivity contribution in [2.24, 2.45) is 0 Å². The summed E-state index contributed by atoms with van der Waals surface area (Å²) >= 11 is 6.34. The molecule has 176 valence electrons. The molecule has 0 aliphatic rings. The molecule has 0 saturated carbocycles. The summed E-state index contributed by atoms with van der Waals surface area (Å²) in [7, 11) is 1.47. The Bertz CT molecular complexity index is 1480. The van der Waals surface area contributed by atoms with E-state index in [1.54, 1.807) is 38.1 Å². The molecule has 0 aliphatic heterocycles. The van der Waals surface area contributed by atoms with Crippen LogP contribution in [0.25, 0.3) is 5.82 Å². The Morgan fingerprint density at radius 2 is 2.00 bits per heavy atom. The van der Waals surface area contributed by atoms with E-state index in [-0.39, 0.29) is 34.3 Å². The van der Waals surface area contributed by atoms with Crippen molar-refractivity contribution in [1.29, 1.82) is 5.26 Å². The van der Waals surface area contributed by atoms with Gasteiger partial charge >= 0.3 is 0 Å². The van der Waals surface area contributed by atoms with Gasteiger partial charge in [-0.05, 0) is 60.2 Å². The van der Waals surface area contributed by atoms with E-state index in [0.29, 0.717) is 22.6 Å². The molecule has 2 N–H and O–H groups in total. The van der Waals surface area contributed by atoms with Gasteiger partial charge in [-0.2, -0.15) is 10.4 Å². The van der Waals surface area contributed by atoms with Gasteiger partial charge in [0.1, 0.15) is 11.5 Å². The minimum Gasteiger partial charge on any atom is -0.355 e. The number of pyridine rings is 1. The fourth-order valence-corrected chi connectivity index (χ4v) is 3.62. The van der Waals surface area contributed by atoms with E-state index in [1.807, 2.05) is 6.07 Å². The van der Waals surface area contributed by atoms with Crippen molar-refractivity contribution >= 4 is 29.1 Å². The number of rotatable bonds is 6. The molecule has 12 nitrogen and oxygen atoms in total. The summed E-state index contributed by atoms with van der Waals surface area (Å²) < 4.78 is 2.86. The van der Waals surface area contributed by atoms with Crippen LogP contribution in [0.3, 0.4) is 0 Å². The lowest BCUT2D eigenvalue weighted by Crippen LogP contribution is -2.24. The minimum atomic E-state index is -0.558. The van der Waals surface area contributed by atoms with Crippen molar-refractivity contribution in [3.8, 4) is 11.9 Å². The number of hydrogen-bond acceptors (Lipinski definition) is 8. The first-order valence-corrected chi connectivity index (χ1v) is 10.7. The van der Waals surface area contributed by atoms with Gasteiger partial charge in [-0.1, -0.05) is 11.6 Å². The van der Waals surface area contributed by atoms with Crippen LogP contribution in [0.5, 0.6) is 0 Å². The van der Waals surface area contributed by atoms with E-state index in [9.17, 15) is 14.9 Å². The number of anilines is 1. The number of carbonyl (C=O) groups is 2. The van der Waals surface area contributed by atoms with Crippen LogP contribution < -0.4 is 10.6 Å². The lowest BCUT2D eigenvalue weighted by molar-refractivity contribution is 0.0964. The van der Waals surface area contributed by atoms with Crippen LogP contribution in [-0.4, -0.2) is 53.8 Å². The van der Waals surface area contributed by atoms with Crippen LogP contribution in [0.1, 0.15) is 43.5 Å². The Morgan fingerprint density at radius 3 is 2.66 bits per heavy atom. The summed E-state index contributed by atoms with van der Waals surface area (Å²) in [6.07, 6.45) is 1.53. The molecule has 3 aromatic heterocycles. The second-order valence-electron chi connectivity index (χ2n) is 7.49. The number of amides is 2. The van der Waals surface area contributed by atoms with Crippen LogP contribution in [0.2, 0.25) is 5.02 Å². The first kappa shape index (κ1) is 23.5. The highest BCUT2D eigenvalue weighted by Crippen LogP contribution is 2.25. The normalized spacial score (nSPS) is 10.6. The molecule has 0 aliphatic carbocycles. The molecule has 3 heterocycles. The summed E-state index contributed by atoms with van der Waals surface area (Å²) in [5, 5.41) is 30.8. The maximum Gasteiger partial charge on any atom is 0.274 e. The predicted molar refractivity (Wildman–Crippen MR) is 125 cm³/mol. The molecule has 0 fully saturated rings. The van der Waals surface area contributed by atoms with Crippen LogP contribution in [-0.2, 0) is 6.54 Å². The van der Waals surface area contributed by atoms with Gasteiger partial charge in [0.2, 0.25) is 0 Å². The number of aryl methyl sites for hydroxylation is 2. The molecule has 1 aromatic carbocycles. The van der Waals surface area contributed by atoms with Crippen molar-refractivity contribution in [2.45, 2.75) is 20.4 Å². The largest absolute Gasteiger partial charge is 0.355 e. The quantitative estimate of drug-likeness (QED) is 0.415. The van der Waals surface area contributed by atoms with Gasteiger partial charge in [-0.15, -0.1) is 5.10 Å². The highest BCUT2D eigenvalue weighted by Gasteiger charge is 2.23. The fraction of sp³-hybridized carbons (Fsp3) is 0.182. The molecule has 0 atom stereocenters. The SMILES string of the molecule is CNC(=O)c1cc(C#N)cc(C)c1NC(=O)c1cc(Cn2nnnc2C)nn1-c1ncccc1Cl.